The zero-order valence-corrected chi connectivity index (χ0v) is 13.4. The van der Waals surface area contributed by atoms with E-state index in [-0.39, 0.29) is 0 Å². The Labute approximate surface area is 129 Å². The summed E-state index contributed by atoms with van der Waals surface area (Å²) in [6.07, 6.45) is 7.91. The first kappa shape index (κ1) is 13.5. The molecule has 0 atom stereocenters. The van der Waals surface area contributed by atoms with Crippen LogP contribution >= 0.6 is 11.3 Å². The van der Waals surface area contributed by atoms with E-state index < -0.39 is 0 Å². The number of aryl methyl sites for hydroxylation is 2. The molecule has 112 valence electrons. The second-order valence-electron chi connectivity index (χ2n) is 6.56. The van der Waals surface area contributed by atoms with Gasteiger partial charge in [0.2, 0.25) is 5.88 Å². The first-order chi connectivity index (χ1) is 10.2. The van der Waals surface area contributed by atoms with Crippen LogP contribution in [0.3, 0.4) is 0 Å². The second-order valence-corrected chi connectivity index (χ2v) is 7.64. The van der Waals surface area contributed by atoms with Crippen molar-refractivity contribution in [2.45, 2.75) is 38.2 Å². The fraction of sp³-hybridized carbons (Fsp3) is 0.625. The van der Waals surface area contributed by atoms with E-state index in [0.29, 0.717) is 6.10 Å². The molecule has 4 rings (SSSR count). The Morgan fingerprint density at radius 3 is 2.95 bits per heavy atom. The van der Waals surface area contributed by atoms with Gasteiger partial charge in [-0.25, -0.2) is 9.97 Å². The third-order valence-corrected chi connectivity index (χ3v) is 5.76. The highest BCUT2D eigenvalue weighted by atomic mass is 32.1. The number of ether oxygens (including phenoxy) is 1. The Kier molecular flexibility index (Phi) is 3.34. The molecule has 0 saturated heterocycles. The Bertz CT molecular complexity index is 661. The molecule has 2 aromatic rings. The van der Waals surface area contributed by atoms with Crippen molar-refractivity contribution in [3.63, 3.8) is 0 Å². The third-order valence-electron chi connectivity index (χ3n) is 4.56. The predicted molar refractivity (Wildman–Crippen MR) is 85.1 cm³/mol. The first-order valence-electron chi connectivity index (χ1n) is 7.77. The summed E-state index contributed by atoms with van der Waals surface area (Å²) >= 11 is 1.82. The van der Waals surface area contributed by atoms with Gasteiger partial charge in [-0.2, -0.15) is 0 Å². The van der Waals surface area contributed by atoms with E-state index in [9.17, 15) is 0 Å². The lowest BCUT2D eigenvalue weighted by molar-refractivity contribution is 0.0492. The van der Waals surface area contributed by atoms with Gasteiger partial charge in [-0.15, -0.1) is 11.3 Å². The molecule has 1 fully saturated rings. The lowest BCUT2D eigenvalue weighted by atomic mass is 9.82. The highest BCUT2D eigenvalue weighted by Gasteiger charge is 2.32. The van der Waals surface area contributed by atoms with Gasteiger partial charge in [-0.3, -0.25) is 0 Å². The van der Waals surface area contributed by atoms with Crippen LogP contribution in [0.5, 0.6) is 5.88 Å². The molecule has 4 nitrogen and oxygen atoms in total. The minimum atomic E-state index is 0.338. The van der Waals surface area contributed by atoms with Crippen LogP contribution in [0.15, 0.2) is 6.33 Å². The highest BCUT2D eigenvalue weighted by Crippen LogP contribution is 2.41. The van der Waals surface area contributed by atoms with E-state index >= 15 is 0 Å². The van der Waals surface area contributed by atoms with Crippen LogP contribution in [0.25, 0.3) is 10.2 Å². The molecule has 0 amide bonds. The minimum Gasteiger partial charge on any atom is -0.474 e. The van der Waals surface area contributed by atoms with E-state index in [1.807, 2.05) is 11.3 Å². The molecule has 0 spiro atoms. The third kappa shape index (κ3) is 2.42. The molecule has 1 saturated carbocycles. The van der Waals surface area contributed by atoms with Gasteiger partial charge >= 0.3 is 0 Å². The standard InChI is InChI=1S/C16H21N3OS/c1-19(2)8-10-6-11(7-10)20-15-14-12-4-3-5-13(12)21-16(14)18-9-17-15/h9-11H,3-8H2,1-2H3. The predicted octanol–water partition coefficient (Wildman–Crippen LogP) is 2.90. The molecule has 0 aromatic carbocycles. The van der Waals surface area contributed by atoms with E-state index in [2.05, 4.69) is 29.0 Å². The SMILES string of the molecule is CN(C)CC1CC(Oc2ncnc3sc4c(c23)CCC4)C1. The lowest BCUT2D eigenvalue weighted by Gasteiger charge is -2.36. The molecule has 2 heterocycles. The smallest absolute Gasteiger partial charge is 0.225 e. The van der Waals surface area contributed by atoms with Gasteiger partial charge in [-0.05, 0) is 57.7 Å². The Morgan fingerprint density at radius 1 is 1.29 bits per heavy atom. The number of nitrogens with zero attached hydrogens (tertiary/aromatic N) is 3. The van der Waals surface area contributed by atoms with Crippen LogP contribution in [0.4, 0.5) is 0 Å². The largest absolute Gasteiger partial charge is 0.474 e. The zero-order chi connectivity index (χ0) is 14.4. The van der Waals surface area contributed by atoms with Crippen LogP contribution in [0, 0.1) is 5.92 Å². The van der Waals surface area contributed by atoms with Crippen molar-refractivity contribution >= 4 is 21.6 Å². The summed E-state index contributed by atoms with van der Waals surface area (Å²) in [5.74, 6) is 1.60. The number of aromatic nitrogens is 2. The van der Waals surface area contributed by atoms with Gasteiger partial charge < -0.3 is 9.64 Å². The Morgan fingerprint density at radius 2 is 2.14 bits per heavy atom. The number of hydrogen-bond donors (Lipinski definition) is 0. The van der Waals surface area contributed by atoms with Gasteiger partial charge in [0.05, 0.1) is 5.39 Å². The fourth-order valence-electron chi connectivity index (χ4n) is 3.58. The maximum atomic E-state index is 6.20. The van der Waals surface area contributed by atoms with E-state index in [0.717, 1.165) is 42.4 Å². The summed E-state index contributed by atoms with van der Waals surface area (Å²) in [6.45, 7) is 1.16. The molecule has 2 aliphatic carbocycles. The summed E-state index contributed by atoms with van der Waals surface area (Å²) in [7, 11) is 4.27. The summed E-state index contributed by atoms with van der Waals surface area (Å²) in [5, 5.41) is 1.20. The maximum Gasteiger partial charge on any atom is 0.225 e. The van der Waals surface area contributed by atoms with Crippen molar-refractivity contribution in [1.82, 2.24) is 14.9 Å². The molecular formula is C16H21N3OS. The number of thiophene rings is 1. The van der Waals surface area contributed by atoms with E-state index in [1.165, 1.54) is 28.7 Å². The molecule has 5 heteroatoms. The van der Waals surface area contributed by atoms with Gasteiger partial charge in [0.15, 0.2) is 0 Å². The molecule has 0 bridgehead atoms. The normalized spacial score (nSPS) is 24.3. The van der Waals surface area contributed by atoms with Crippen molar-refractivity contribution in [2.24, 2.45) is 5.92 Å². The maximum absolute atomic E-state index is 6.20. The lowest BCUT2D eigenvalue weighted by Crippen LogP contribution is -2.39. The summed E-state index contributed by atoms with van der Waals surface area (Å²) in [6, 6.07) is 0. The molecule has 0 aliphatic heterocycles. The first-order valence-corrected chi connectivity index (χ1v) is 8.59. The monoisotopic (exact) mass is 303 g/mol. The number of rotatable bonds is 4. The van der Waals surface area contributed by atoms with Crippen LogP contribution < -0.4 is 4.74 Å². The van der Waals surface area contributed by atoms with Gasteiger partial charge in [0.1, 0.15) is 17.3 Å². The molecular weight excluding hydrogens is 282 g/mol. The Hall–Kier alpha value is -1.20. The van der Waals surface area contributed by atoms with Crippen LogP contribution in [-0.2, 0) is 12.8 Å². The number of hydrogen-bond acceptors (Lipinski definition) is 5. The van der Waals surface area contributed by atoms with E-state index in [1.54, 1.807) is 6.33 Å². The summed E-state index contributed by atoms with van der Waals surface area (Å²) in [4.78, 5) is 13.7. The second kappa shape index (κ2) is 5.21. The quantitative estimate of drug-likeness (QED) is 0.870. The fourth-order valence-corrected chi connectivity index (χ4v) is 4.80. The average molecular weight is 303 g/mol. The topological polar surface area (TPSA) is 38.2 Å². The molecule has 2 aromatic heterocycles. The zero-order valence-electron chi connectivity index (χ0n) is 12.6. The van der Waals surface area contributed by atoms with E-state index in [4.69, 9.17) is 4.74 Å². The molecule has 0 unspecified atom stereocenters. The van der Waals surface area contributed by atoms with Crippen molar-refractivity contribution in [3.8, 4) is 5.88 Å². The molecule has 0 radical (unpaired) electrons. The molecule has 21 heavy (non-hydrogen) atoms. The number of fused-ring (bicyclic) bond motifs is 3. The molecule has 0 N–H and O–H groups in total. The summed E-state index contributed by atoms with van der Waals surface area (Å²) < 4.78 is 6.20. The van der Waals surface area contributed by atoms with Gasteiger partial charge in [0.25, 0.3) is 0 Å². The average Bonchev–Trinajstić information content (AvgIpc) is 2.95. The van der Waals surface area contributed by atoms with Crippen LogP contribution in [0.2, 0.25) is 0 Å². The summed E-state index contributed by atoms with van der Waals surface area (Å²) in [5.41, 5.74) is 1.45. The minimum absolute atomic E-state index is 0.338. The van der Waals surface area contributed by atoms with Crippen molar-refractivity contribution in [3.05, 3.63) is 16.8 Å². The van der Waals surface area contributed by atoms with Crippen molar-refractivity contribution < 1.29 is 4.74 Å². The van der Waals surface area contributed by atoms with Crippen molar-refractivity contribution in [2.75, 3.05) is 20.6 Å². The van der Waals surface area contributed by atoms with Gasteiger partial charge in [-0.1, -0.05) is 0 Å². The Balaban J connectivity index is 1.53. The van der Waals surface area contributed by atoms with Crippen molar-refractivity contribution in [1.29, 1.82) is 0 Å². The molecule has 2 aliphatic rings. The highest BCUT2D eigenvalue weighted by molar-refractivity contribution is 7.18. The van der Waals surface area contributed by atoms with Gasteiger partial charge in [0, 0.05) is 11.4 Å². The van der Waals surface area contributed by atoms with Crippen LogP contribution in [0.1, 0.15) is 29.7 Å². The van der Waals surface area contributed by atoms with Crippen LogP contribution in [-0.4, -0.2) is 41.6 Å².